The van der Waals surface area contributed by atoms with Crippen LogP contribution in [-0.4, -0.2) is 51.4 Å². The lowest BCUT2D eigenvalue weighted by molar-refractivity contribution is -0.130. The Morgan fingerprint density at radius 1 is 0.600 bits per heavy atom. The number of aromatic nitrogens is 4. The fourth-order valence-corrected chi connectivity index (χ4v) is 4.46. The molecule has 0 aromatic carbocycles. The molecule has 0 fully saturated rings. The molecule has 6 rings (SSSR count). The molecule has 0 radical (unpaired) electrons. The van der Waals surface area contributed by atoms with Gasteiger partial charge >= 0.3 is 5.97 Å². The Hall–Kier alpha value is -5.25. The zero-order chi connectivity index (χ0) is 24.4. The number of nitrogens with one attached hydrogen (secondary N) is 4. The Morgan fingerprint density at radius 3 is 1.86 bits per heavy atom. The van der Waals surface area contributed by atoms with Crippen molar-refractivity contribution < 1.29 is 30.3 Å². The topological polar surface area (TPSA) is 181 Å². The minimum absolute atomic E-state index is 0.0327. The molecule has 10 heteroatoms. The molecule has 35 heavy (non-hydrogen) atoms. The number of rotatable bonds is 1. The number of carboxylic acid groups (broad SMARTS) is 1. The van der Waals surface area contributed by atoms with E-state index in [1.165, 1.54) is 6.07 Å². The van der Waals surface area contributed by atoms with Crippen LogP contribution in [0.15, 0.2) is 48.5 Å². The lowest BCUT2D eigenvalue weighted by Gasteiger charge is -2.06. The predicted octanol–water partition coefficient (Wildman–Crippen LogP) is 2.30. The first-order chi connectivity index (χ1) is 16.8. The van der Waals surface area contributed by atoms with Crippen LogP contribution in [0.5, 0.6) is 23.0 Å². The molecule has 1 aliphatic rings. The number of hydrogen-bond acceptors (Lipinski definition) is 5. The number of H-pyrrole nitrogens is 4. The normalized spacial score (nSPS) is 12.3. The Bertz CT molecular complexity index is 1830. The fraction of sp³-hybridized carbons (Fsp3) is 0. The van der Waals surface area contributed by atoms with E-state index in [9.17, 15) is 30.3 Å². The number of carbonyl (C=O) groups is 1. The highest BCUT2D eigenvalue weighted by molar-refractivity contribution is 6.14. The molecule has 10 bridgehead atoms. The third-order valence-electron chi connectivity index (χ3n) is 6.08. The molecule has 0 saturated carbocycles. The molecule has 0 saturated heterocycles. The van der Waals surface area contributed by atoms with Gasteiger partial charge in [0.1, 0.15) is 5.57 Å². The summed E-state index contributed by atoms with van der Waals surface area (Å²) in [7, 11) is 0. The van der Waals surface area contributed by atoms with Gasteiger partial charge in [-0.15, -0.1) is 0 Å². The molecular weight excluding hydrogens is 452 g/mol. The Labute approximate surface area is 195 Å². The quantitative estimate of drug-likeness (QED) is 0.181. The van der Waals surface area contributed by atoms with Crippen LogP contribution < -0.4 is 10.7 Å². The zero-order valence-electron chi connectivity index (χ0n) is 17.8. The molecule has 5 aromatic rings. The van der Waals surface area contributed by atoms with Crippen molar-refractivity contribution in [3.8, 4) is 45.5 Å². The van der Waals surface area contributed by atoms with Crippen LogP contribution in [0.1, 0.15) is 11.4 Å². The van der Waals surface area contributed by atoms with Crippen LogP contribution in [0, 0.1) is 0 Å². The lowest BCUT2D eigenvalue weighted by atomic mass is 10.1. The van der Waals surface area contributed by atoms with E-state index in [0.29, 0.717) is 33.1 Å². The van der Waals surface area contributed by atoms with Crippen LogP contribution in [0.2, 0.25) is 0 Å². The summed E-state index contributed by atoms with van der Waals surface area (Å²) in [6.45, 7) is 0. The van der Waals surface area contributed by atoms with E-state index in [1.54, 1.807) is 48.5 Å². The molecule has 0 amide bonds. The van der Waals surface area contributed by atoms with E-state index in [2.05, 4.69) is 19.9 Å². The summed E-state index contributed by atoms with van der Waals surface area (Å²) >= 11 is 0. The van der Waals surface area contributed by atoms with E-state index in [4.69, 9.17) is 0 Å². The van der Waals surface area contributed by atoms with Gasteiger partial charge in [0.25, 0.3) is 0 Å². The second-order valence-electron chi connectivity index (χ2n) is 8.19. The van der Waals surface area contributed by atoms with E-state index in [0.717, 1.165) is 0 Å². The van der Waals surface area contributed by atoms with Crippen LogP contribution in [0.4, 0.5) is 0 Å². The predicted molar refractivity (Wildman–Crippen MR) is 127 cm³/mol. The standard InChI is InChI=1S/C25H18N4O6/c30-21-18-12-3-1-10(26-12)9-11-2-4-16(27-11)20(25(34)35)17-8-7-15(29-17)19(14-6-5-13(18)28-14)22(31)24(33)23(21)32/h1-9,26-33H,(H,34,35). The van der Waals surface area contributed by atoms with Gasteiger partial charge in [0, 0.05) is 11.0 Å². The third kappa shape index (κ3) is 3.00. The second-order valence-corrected chi connectivity index (χ2v) is 8.19. The van der Waals surface area contributed by atoms with Gasteiger partial charge in [-0.2, -0.15) is 0 Å². The molecule has 0 aliphatic carbocycles. The molecule has 9 N–H and O–H groups in total. The monoisotopic (exact) mass is 470 g/mol. The molecular formula is C25H18N4O6. The summed E-state index contributed by atoms with van der Waals surface area (Å²) in [5.41, 5.74) is 2.50. The molecule has 6 heterocycles. The van der Waals surface area contributed by atoms with Crippen molar-refractivity contribution in [1.82, 2.24) is 19.9 Å². The maximum Gasteiger partial charge on any atom is 0.339 e. The first-order valence-electron chi connectivity index (χ1n) is 10.5. The van der Waals surface area contributed by atoms with Gasteiger partial charge in [0.2, 0.25) is 11.5 Å². The average Bonchev–Trinajstić information content (AvgIpc) is 3.62. The number of aliphatic carboxylic acids is 1. The highest BCUT2D eigenvalue weighted by Gasteiger charge is 2.23. The smallest absolute Gasteiger partial charge is 0.339 e. The first kappa shape index (κ1) is 20.4. The fourth-order valence-electron chi connectivity index (χ4n) is 4.46. The Morgan fingerprint density at radius 2 is 1.20 bits per heavy atom. The maximum atomic E-state index is 12.2. The first-order valence-corrected chi connectivity index (χ1v) is 10.5. The van der Waals surface area contributed by atoms with Gasteiger partial charge in [-0.25, -0.2) is 4.79 Å². The van der Waals surface area contributed by atoms with Gasteiger partial charge < -0.3 is 45.5 Å². The minimum atomic E-state index is -1.18. The Kier molecular flexibility index (Phi) is 4.14. The molecule has 0 atom stereocenters. The minimum Gasteiger partial charge on any atom is -0.504 e. The average molecular weight is 470 g/mol. The van der Waals surface area contributed by atoms with Crippen molar-refractivity contribution in [3.63, 3.8) is 0 Å². The van der Waals surface area contributed by atoms with Crippen molar-refractivity contribution in [2.24, 2.45) is 0 Å². The summed E-state index contributed by atoms with van der Waals surface area (Å²) in [4.78, 5) is 24.5. The highest BCUT2D eigenvalue weighted by Crippen LogP contribution is 2.48. The van der Waals surface area contributed by atoms with E-state index < -0.39 is 29.0 Å². The number of carboxylic acids is 1. The van der Waals surface area contributed by atoms with Gasteiger partial charge in [-0.05, 0) is 54.6 Å². The third-order valence-corrected chi connectivity index (χ3v) is 6.08. The van der Waals surface area contributed by atoms with Crippen molar-refractivity contribution in [3.05, 3.63) is 70.6 Å². The van der Waals surface area contributed by atoms with E-state index in [1.807, 2.05) is 0 Å². The van der Waals surface area contributed by atoms with Crippen LogP contribution in [0.25, 0.3) is 45.2 Å². The molecule has 5 aromatic heterocycles. The second kappa shape index (κ2) is 7.12. The van der Waals surface area contributed by atoms with Gasteiger partial charge in [-0.1, -0.05) is 0 Å². The Balaban J connectivity index is 1.85. The number of aromatic amines is 4. The van der Waals surface area contributed by atoms with Crippen molar-refractivity contribution in [2.45, 2.75) is 0 Å². The molecule has 174 valence electrons. The number of aromatic hydroxyl groups is 4. The highest BCUT2D eigenvalue weighted by atomic mass is 16.4. The SMILES string of the molecule is O=C(O)C1=c2ccc([nH]2)=Cc2ccc([nH]2)-c2c(O)c(O)c(O)c(O)c(c3ccc2[nH]3)-c2ccc1[nH]2. The van der Waals surface area contributed by atoms with E-state index >= 15 is 0 Å². The summed E-state index contributed by atoms with van der Waals surface area (Å²) in [5.74, 6) is -4.42. The largest absolute Gasteiger partial charge is 0.504 e. The molecule has 10 nitrogen and oxygen atoms in total. The van der Waals surface area contributed by atoms with E-state index in [-0.39, 0.29) is 28.1 Å². The van der Waals surface area contributed by atoms with Gasteiger partial charge in [-0.3, -0.25) is 0 Å². The van der Waals surface area contributed by atoms with Crippen molar-refractivity contribution in [2.75, 3.05) is 0 Å². The maximum absolute atomic E-state index is 12.2. The molecule has 1 aliphatic heterocycles. The van der Waals surface area contributed by atoms with Crippen molar-refractivity contribution >= 4 is 28.7 Å². The van der Waals surface area contributed by atoms with Gasteiger partial charge in [0.05, 0.1) is 44.6 Å². The summed E-state index contributed by atoms with van der Waals surface area (Å²) in [6, 6.07) is 13.2. The lowest BCUT2D eigenvalue weighted by Crippen LogP contribution is -2.18. The number of hydrogen-bond donors (Lipinski definition) is 9. The van der Waals surface area contributed by atoms with Crippen molar-refractivity contribution in [1.29, 1.82) is 0 Å². The number of fused-ring (bicyclic) bond motifs is 8. The van der Waals surface area contributed by atoms with Crippen LogP contribution >= 0.6 is 0 Å². The summed E-state index contributed by atoms with van der Waals surface area (Å²) in [5, 5.41) is 54.1. The van der Waals surface area contributed by atoms with Gasteiger partial charge in [0.15, 0.2) is 11.5 Å². The summed E-state index contributed by atoms with van der Waals surface area (Å²) < 4.78 is 0. The molecule has 0 spiro atoms. The van der Waals surface area contributed by atoms with Crippen LogP contribution in [0.3, 0.4) is 0 Å². The molecule has 0 unspecified atom stereocenters. The van der Waals surface area contributed by atoms with Crippen LogP contribution in [-0.2, 0) is 4.79 Å². The zero-order valence-corrected chi connectivity index (χ0v) is 17.8. The summed E-state index contributed by atoms with van der Waals surface area (Å²) in [6.07, 6.45) is 1.75.